The van der Waals surface area contributed by atoms with Gasteiger partial charge < -0.3 is 9.47 Å². The number of fused-ring (bicyclic) bond motifs is 6. The molecule has 8 nitrogen and oxygen atoms in total. The smallest absolute Gasteiger partial charge is 0.339 e. The van der Waals surface area contributed by atoms with Gasteiger partial charge in [-0.3, -0.25) is 19.3 Å². The number of ketones is 1. The highest BCUT2D eigenvalue weighted by molar-refractivity contribution is 6.32. The first-order chi connectivity index (χ1) is 24.7. The second-order valence-electron chi connectivity index (χ2n) is 13.4. The van der Waals surface area contributed by atoms with Crippen LogP contribution >= 0.6 is 11.6 Å². The molecule has 4 aromatic carbocycles. The predicted octanol–water partition coefficient (Wildman–Crippen LogP) is 8.18. The molecule has 5 atom stereocenters. The fourth-order valence-electron chi connectivity index (χ4n) is 7.63. The van der Waals surface area contributed by atoms with Crippen molar-refractivity contribution in [2.75, 3.05) is 4.90 Å². The first kappa shape index (κ1) is 32.6. The lowest BCUT2D eigenvalue weighted by Gasteiger charge is -2.18. The summed E-state index contributed by atoms with van der Waals surface area (Å²) in [6.07, 6.45) is 3.94. The third-order valence-electron chi connectivity index (χ3n) is 10.3. The van der Waals surface area contributed by atoms with Crippen LogP contribution in [-0.2, 0) is 20.9 Å². The summed E-state index contributed by atoms with van der Waals surface area (Å²) in [6.45, 7) is 3.76. The topological polar surface area (TPSA) is 103 Å². The number of halogens is 1. The Morgan fingerprint density at radius 3 is 2.22 bits per heavy atom. The van der Waals surface area contributed by atoms with E-state index < -0.39 is 12.1 Å². The van der Waals surface area contributed by atoms with Gasteiger partial charge in [-0.15, -0.1) is 0 Å². The predicted molar refractivity (Wildman–Crippen MR) is 194 cm³/mol. The highest BCUT2D eigenvalue weighted by Gasteiger charge is 2.59. The molecule has 2 aliphatic carbocycles. The maximum Gasteiger partial charge on any atom is 0.339 e. The first-order valence-corrected chi connectivity index (χ1v) is 17.3. The fraction of sp³-hybridized carbons (Fsp3) is 0.214. The van der Waals surface area contributed by atoms with E-state index in [4.69, 9.17) is 26.1 Å². The van der Waals surface area contributed by atoms with Crippen molar-refractivity contribution in [1.29, 1.82) is 0 Å². The Kier molecular flexibility index (Phi) is 8.27. The molecule has 8 rings (SSSR count). The van der Waals surface area contributed by atoms with Crippen LogP contribution in [0.3, 0.4) is 0 Å². The van der Waals surface area contributed by atoms with E-state index in [1.807, 2.05) is 37.3 Å². The molecule has 9 heteroatoms. The number of allylic oxidation sites excluding steroid dienone is 2. The molecule has 2 fully saturated rings. The number of anilines is 1. The maximum atomic E-state index is 13.8. The number of carbonyl (C=O) groups is 4. The van der Waals surface area contributed by atoms with E-state index in [9.17, 15) is 19.2 Å². The largest absolute Gasteiger partial charge is 0.489 e. The van der Waals surface area contributed by atoms with Crippen molar-refractivity contribution in [3.8, 4) is 17.0 Å². The van der Waals surface area contributed by atoms with Gasteiger partial charge in [-0.2, -0.15) is 0 Å². The minimum atomic E-state index is -1.08. The van der Waals surface area contributed by atoms with Gasteiger partial charge in [0.05, 0.1) is 34.3 Å². The normalized spacial score (nSPS) is 20.9. The number of imide groups is 1. The number of rotatable bonds is 9. The molecule has 5 aromatic rings. The average molecular weight is 697 g/mol. The number of amides is 2. The number of esters is 1. The summed E-state index contributed by atoms with van der Waals surface area (Å²) in [5.74, 6) is -1.05. The molecule has 51 heavy (non-hydrogen) atoms. The van der Waals surface area contributed by atoms with Gasteiger partial charge in [0, 0.05) is 21.5 Å². The Morgan fingerprint density at radius 1 is 0.882 bits per heavy atom. The van der Waals surface area contributed by atoms with E-state index in [-0.39, 0.29) is 46.8 Å². The van der Waals surface area contributed by atoms with E-state index in [2.05, 4.69) is 12.2 Å². The molecule has 2 amide bonds. The standard InChI is InChI=1S/C42H33ClN2O6/c1-23-34(43)19-18-32-33(42(49)51-24(2)39(46)27-12-16-31(17-13-27)50-22-25-6-4-3-5-7-25)21-35(44-38(23)32)26-10-14-30(15-11-26)45-40(47)36-28-8-9-29(20-28)37(36)41(45)48/h3-19,21,24,28-29,36-37H,20,22H2,1-2H3. The lowest BCUT2D eigenvalue weighted by Crippen LogP contribution is -2.32. The zero-order chi connectivity index (χ0) is 35.4. The van der Waals surface area contributed by atoms with Crippen LogP contribution in [0.4, 0.5) is 5.69 Å². The lowest BCUT2D eigenvalue weighted by atomic mass is 9.85. The number of nitrogens with zero attached hydrogens (tertiary/aromatic N) is 2. The molecule has 2 bridgehead atoms. The fourth-order valence-corrected chi connectivity index (χ4v) is 7.78. The monoisotopic (exact) mass is 696 g/mol. The first-order valence-electron chi connectivity index (χ1n) is 17.0. The number of pyridine rings is 1. The Balaban J connectivity index is 1.02. The van der Waals surface area contributed by atoms with Crippen LogP contribution in [0.1, 0.15) is 45.2 Å². The Morgan fingerprint density at radius 2 is 1.55 bits per heavy atom. The number of hydrogen-bond acceptors (Lipinski definition) is 7. The number of benzene rings is 4. The van der Waals surface area contributed by atoms with Crippen molar-refractivity contribution in [2.45, 2.75) is 33.0 Å². The molecule has 0 radical (unpaired) electrons. The van der Waals surface area contributed by atoms with E-state index in [0.29, 0.717) is 56.4 Å². The van der Waals surface area contributed by atoms with Crippen molar-refractivity contribution in [3.05, 3.63) is 136 Å². The molecular weight excluding hydrogens is 664 g/mol. The summed E-state index contributed by atoms with van der Waals surface area (Å²) in [4.78, 5) is 60.0. The van der Waals surface area contributed by atoms with Gasteiger partial charge in [0.15, 0.2) is 6.10 Å². The molecule has 1 saturated heterocycles. The van der Waals surface area contributed by atoms with Crippen LogP contribution in [0.15, 0.2) is 109 Å². The van der Waals surface area contributed by atoms with Gasteiger partial charge in [-0.25, -0.2) is 9.78 Å². The molecule has 1 saturated carbocycles. The van der Waals surface area contributed by atoms with E-state index >= 15 is 0 Å². The third kappa shape index (κ3) is 5.79. The number of carbonyl (C=O) groups excluding carboxylic acids is 4. The highest BCUT2D eigenvalue weighted by atomic mass is 35.5. The molecule has 1 aromatic heterocycles. The second kappa shape index (κ2) is 12.9. The Hall–Kier alpha value is -5.60. The van der Waals surface area contributed by atoms with Crippen LogP contribution in [0.25, 0.3) is 22.2 Å². The van der Waals surface area contributed by atoms with Crippen molar-refractivity contribution < 1.29 is 28.7 Å². The van der Waals surface area contributed by atoms with Crippen molar-refractivity contribution >= 4 is 51.8 Å². The number of aryl methyl sites for hydroxylation is 1. The summed E-state index contributed by atoms with van der Waals surface area (Å²) in [7, 11) is 0. The van der Waals surface area contributed by atoms with Crippen molar-refractivity contribution in [2.24, 2.45) is 23.7 Å². The van der Waals surface area contributed by atoms with Gasteiger partial charge in [0.1, 0.15) is 12.4 Å². The number of hydrogen-bond donors (Lipinski definition) is 0. The Bertz CT molecular complexity index is 2220. The molecule has 5 unspecified atom stereocenters. The van der Waals surface area contributed by atoms with Crippen molar-refractivity contribution in [3.63, 3.8) is 0 Å². The average Bonchev–Trinajstić information content (AvgIpc) is 3.85. The highest BCUT2D eigenvalue weighted by Crippen LogP contribution is 2.53. The summed E-state index contributed by atoms with van der Waals surface area (Å²) >= 11 is 6.48. The summed E-state index contributed by atoms with van der Waals surface area (Å²) in [6, 6.07) is 28.6. The number of aromatic nitrogens is 1. The van der Waals surface area contributed by atoms with Gasteiger partial charge in [0.25, 0.3) is 0 Å². The van der Waals surface area contributed by atoms with Gasteiger partial charge in [0.2, 0.25) is 17.6 Å². The zero-order valence-electron chi connectivity index (χ0n) is 27.9. The van der Waals surface area contributed by atoms with Crippen LogP contribution in [0, 0.1) is 30.6 Å². The number of ether oxygens (including phenoxy) is 2. The minimum Gasteiger partial charge on any atom is -0.489 e. The van der Waals surface area contributed by atoms with E-state index in [0.717, 1.165) is 12.0 Å². The summed E-state index contributed by atoms with van der Waals surface area (Å²) in [5, 5.41) is 1.02. The quantitative estimate of drug-likeness (QED) is 0.0663. The minimum absolute atomic E-state index is 0.124. The molecular formula is C42H33ClN2O6. The van der Waals surface area contributed by atoms with Crippen LogP contribution in [0.5, 0.6) is 5.75 Å². The van der Waals surface area contributed by atoms with Gasteiger partial charge in [-0.1, -0.05) is 72.3 Å². The van der Waals surface area contributed by atoms with Crippen LogP contribution < -0.4 is 9.64 Å². The van der Waals surface area contributed by atoms with Gasteiger partial charge >= 0.3 is 5.97 Å². The van der Waals surface area contributed by atoms with E-state index in [1.165, 1.54) is 4.90 Å². The second-order valence-corrected chi connectivity index (χ2v) is 13.8. The molecule has 0 spiro atoms. The summed E-state index contributed by atoms with van der Waals surface area (Å²) < 4.78 is 11.6. The Labute approximate surface area is 299 Å². The third-order valence-corrected chi connectivity index (χ3v) is 10.7. The SMILES string of the molecule is Cc1c(Cl)ccc2c(C(=O)OC(C)C(=O)c3ccc(OCc4ccccc4)cc3)cc(-c3ccc(N4C(=O)C5C6C=CC(C6)C5C4=O)cc3)nc12. The molecule has 3 aliphatic rings. The van der Waals surface area contributed by atoms with Gasteiger partial charge in [-0.05, 0) is 91.8 Å². The van der Waals surface area contributed by atoms with Crippen molar-refractivity contribution in [1.82, 2.24) is 4.98 Å². The molecule has 1 aliphatic heterocycles. The zero-order valence-corrected chi connectivity index (χ0v) is 28.7. The van der Waals surface area contributed by atoms with Crippen LogP contribution in [0.2, 0.25) is 5.02 Å². The molecule has 2 heterocycles. The summed E-state index contributed by atoms with van der Waals surface area (Å²) in [5.41, 5.74) is 4.47. The molecule has 0 N–H and O–H groups in total. The van der Waals surface area contributed by atoms with E-state index in [1.54, 1.807) is 73.7 Å². The lowest BCUT2D eigenvalue weighted by molar-refractivity contribution is -0.123. The van der Waals surface area contributed by atoms with Crippen LogP contribution in [-0.4, -0.2) is 34.7 Å². The molecule has 254 valence electrons. The number of Topliss-reactive ketones (excluding diaryl/α,β-unsaturated/α-hetero) is 1. The maximum absolute atomic E-state index is 13.8.